The van der Waals surface area contributed by atoms with Crippen LogP contribution in [0.3, 0.4) is 0 Å². The molecule has 0 fully saturated rings. The Hall–Kier alpha value is -1.000. The molecule has 0 aliphatic rings. The summed E-state index contributed by atoms with van der Waals surface area (Å²) in [6.07, 6.45) is 0. The van der Waals surface area contributed by atoms with Gasteiger partial charge in [-0.3, -0.25) is 0 Å². The summed E-state index contributed by atoms with van der Waals surface area (Å²) in [6.45, 7) is 0.598. The molecule has 0 unspecified atom stereocenters. The normalized spacial score (nSPS) is 10.2. The van der Waals surface area contributed by atoms with Crippen molar-refractivity contribution in [1.82, 2.24) is 5.32 Å². The molecular weight excluding hydrogens is 335 g/mol. The highest BCUT2D eigenvalue weighted by Gasteiger charge is 2.03. The van der Waals surface area contributed by atoms with Gasteiger partial charge in [-0.05, 0) is 48.1 Å². The third kappa shape index (κ3) is 4.53. The number of nitrogens with one attached hydrogen (secondary N) is 2. The molecule has 0 aliphatic heterocycles. The fourth-order valence-electron chi connectivity index (χ4n) is 1.54. The Morgan fingerprint density at radius 1 is 0.950 bits per heavy atom. The molecule has 2 aromatic rings. The Morgan fingerprint density at radius 3 is 2.30 bits per heavy atom. The molecule has 0 amide bonds. The molecule has 0 atom stereocenters. The van der Waals surface area contributed by atoms with Crippen LogP contribution < -0.4 is 10.6 Å². The molecule has 0 saturated heterocycles. The number of rotatable bonds is 3. The van der Waals surface area contributed by atoms with Gasteiger partial charge in [-0.1, -0.05) is 46.9 Å². The standard InChI is InChI=1S/C14H11Cl3N2S/c15-10-3-1-9(2-4-10)8-18-14(20)19-13-7-11(16)5-6-12(13)17/h1-7H,8H2,(H2,18,19,20). The minimum Gasteiger partial charge on any atom is -0.358 e. The van der Waals surface area contributed by atoms with Gasteiger partial charge >= 0.3 is 0 Å². The molecule has 20 heavy (non-hydrogen) atoms. The first kappa shape index (κ1) is 15.4. The number of thiocarbonyl (C=S) groups is 1. The van der Waals surface area contributed by atoms with Gasteiger partial charge in [-0.2, -0.15) is 0 Å². The van der Waals surface area contributed by atoms with Crippen molar-refractivity contribution in [1.29, 1.82) is 0 Å². The SMILES string of the molecule is S=C(NCc1ccc(Cl)cc1)Nc1cc(Cl)ccc1Cl. The summed E-state index contributed by atoms with van der Waals surface area (Å²) in [5, 5.41) is 8.44. The fourth-order valence-corrected chi connectivity index (χ4v) is 2.19. The fraction of sp³-hybridized carbons (Fsp3) is 0.0714. The maximum absolute atomic E-state index is 6.05. The number of benzene rings is 2. The average molecular weight is 346 g/mol. The highest BCUT2D eigenvalue weighted by Crippen LogP contribution is 2.25. The summed E-state index contributed by atoms with van der Waals surface area (Å²) >= 11 is 23.0. The molecule has 0 heterocycles. The quantitative estimate of drug-likeness (QED) is 0.754. The number of anilines is 1. The smallest absolute Gasteiger partial charge is 0.171 e. The first-order chi connectivity index (χ1) is 9.54. The Morgan fingerprint density at radius 2 is 1.60 bits per heavy atom. The second kappa shape index (κ2) is 7.14. The topological polar surface area (TPSA) is 24.1 Å². The van der Waals surface area contributed by atoms with Crippen LogP contribution in [0, 0.1) is 0 Å². The van der Waals surface area contributed by atoms with Crippen molar-refractivity contribution in [2.45, 2.75) is 6.54 Å². The van der Waals surface area contributed by atoms with E-state index in [4.69, 9.17) is 47.0 Å². The lowest BCUT2D eigenvalue weighted by molar-refractivity contribution is 0.926. The summed E-state index contributed by atoms with van der Waals surface area (Å²) in [6, 6.07) is 12.7. The summed E-state index contributed by atoms with van der Waals surface area (Å²) in [4.78, 5) is 0. The molecule has 0 bridgehead atoms. The lowest BCUT2D eigenvalue weighted by atomic mass is 10.2. The Bertz CT molecular complexity index is 614. The molecule has 0 saturated carbocycles. The van der Waals surface area contributed by atoms with Crippen molar-refractivity contribution in [3.05, 3.63) is 63.1 Å². The zero-order valence-corrected chi connectivity index (χ0v) is 13.4. The van der Waals surface area contributed by atoms with E-state index in [-0.39, 0.29) is 0 Å². The lowest BCUT2D eigenvalue weighted by Gasteiger charge is -2.12. The van der Waals surface area contributed by atoms with E-state index in [1.807, 2.05) is 24.3 Å². The van der Waals surface area contributed by atoms with E-state index >= 15 is 0 Å². The van der Waals surface area contributed by atoms with E-state index in [0.717, 1.165) is 5.56 Å². The van der Waals surface area contributed by atoms with E-state index in [9.17, 15) is 0 Å². The van der Waals surface area contributed by atoms with Crippen LogP contribution >= 0.6 is 47.0 Å². The highest BCUT2D eigenvalue weighted by atomic mass is 35.5. The van der Waals surface area contributed by atoms with E-state index in [1.54, 1.807) is 18.2 Å². The summed E-state index contributed by atoms with van der Waals surface area (Å²) in [7, 11) is 0. The highest BCUT2D eigenvalue weighted by molar-refractivity contribution is 7.80. The van der Waals surface area contributed by atoms with E-state index in [2.05, 4.69) is 10.6 Å². The first-order valence-electron chi connectivity index (χ1n) is 5.79. The first-order valence-corrected chi connectivity index (χ1v) is 7.33. The van der Waals surface area contributed by atoms with Crippen molar-refractivity contribution in [2.24, 2.45) is 0 Å². The van der Waals surface area contributed by atoms with Crippen molar-refractivity contribution in [3.63, 3.8) is 0 Å². The van der Waals surface area contributed by atoms with Gasteiger partial charge in [0.15, 0.2) is 5.11 Å². The van der Waals surface area contributed by atoms with Crippen LogP contribution in [0.25, 0.3) is 0 Å². The second-order valence-electron chi connectivity index (χ2n) is 4.06. The summed E-state index contributed by atoms with van der Waals surface area (Å²) in [5.41, 5.74) is 1.75. The van der Waals surface area contributed by atoms with Gasteiger partial charge in [-0.15, -0.1) is 0 Å². The molecule has 0 spiro atoms. The van der Waals surface area contributed by atoms with Crippen LogP contribution in [0.2, 0.25) is 15.1 Å². The van der Waals surface area contributed by atoms with Crippen molar-refractivity contribution < 1.29 is 0 Å². The molecule has 2 N–H and O–H groups in total. The summed E-state index contributed by atoms with van der Waals surface area (Å²) < 4.78 is 0. The molecule has 2 aromatic carbocycles. The molecule has 6 heteroatoms. The number of hydrogen-bond donors (Lipinski definition) is 2. The average Bonchev–Trinajstić information content (AvgIpc) is 2.42. The molecule has 2 rings (SSSR count). The van der Waals surface area contributed by atoms with Crippen LogP contribution in [0.15, 0.2) is 42.5 Å². The predicted octanol–water partition coefficient (Wildman–Crippen LogP) is 5.13. The van der Waals surface area contributed by atoms with E-state index < -0.39 is 0 Å². The minimum atomic E-state index is 0.476. The maximum Gasteiger partial charge on any atom is 0.171 e. The molecule has 0 aromatic heterocycles. The minimum absolute atomic E-state index is 0.476. The molecule has 0 radical (unpaired) electrons. The van der Waals surface area contributed by atoms with Crippen LogP contribution in [-0.2, 0) is 6.54 Å². The summed E-state index contributed by atoms with van der Waals surface area (Å²) in [5.74, 6) is 0. The molecule has 2 nitrogen and oxygen atoms in total. The van der Waals surface area contributed by atoms with Crippen molar-refractivity contribution >= 4 is 57.8 Å². The van der Waals surface area contributed by atoms with Crippen LogP contribution in [0.5, 0.6) is 0 Å². The van der Waals surface area contributed by atoms with Gasteiger partial charge in [0.2, 0.25) is 0 Å². The Labute approximate surface area is 138 Å². The molecular formula is C14H11Cl3N2S. The largest absolute Gasteiger partial charge is 0.358 e. The van der Waals surface area contributed by atoms with Gasteiger partial charge in [0.25, 0.3) is 0 Å². The molecule has 104 valence electrons. The van der Waals surface area contributed by atoms with Gasteiger partial charge in [0.05, 0.1) is 10.7 Å². The molecule has 0 aliphatic carbocycles. The third-order valence-electron chi connectivity index (χ3n) is 2.54. The number of halogens is 3. The van der Waals surface area contributed by atoms with E-state index in [1.165, 1.54) is 0 Å². The van der Waals surface area contributed by atoms with Crippen LogP contribution in [-0.4, -0.2) is 5.11 Å². The van der Waals surface area contributed by atoms with E-state index in [0.29, 0.717) is 32.4 Å². The predicted molar refractivity (Wildman–Crippen MR) is 91.0 cm³/mol. The number of hydrogen-bond acceptors (Lipinski definition) is 1. The monoisotopic (exact) mass is 344 g/mol. The van der Waals surface area contributed by atoms with Gasteiger partial charge in [-0.25, -0.2) is 0 Å². The Kier molecular flexibility index (Phi) is 5.49. The van der Waals surface area contributed by atoms with Gasteiger partial charge in [0, 0.05) is 16.6 Å². The van der Waals surface area contributed by atoms with Crippen molar-refractivity contribution in [3.8, 4) is 0 Å². The zero-order chi connectivity index (χ0) is 14.5. The van der Waals surface area contributed by atoms with Gasteiger partial charge in [0.1, 0.15) is 0 Å². The second-order valence-corrected chi connectivity index (χ2v) is 5.75. The maximum atomic E-state index is 6.05. The zero-order valence-electron chi connectivity index (χ0n) is 10.3. The van der Waals surface area contributed by atoms with Gasteiger partial charge < -0.3 is 10.6 Å². The Balaban J connectivity index is 1.92. The van der Waals surface area contributed by atoms with Crippen molar-refractivity contribution in [2.75, 3.05) is 5.32 Å². The van der Waals surface area contributed by atoms with Crippen LogP contribution in [0.1, 0.15) is 5.56 Å². The van der Waals surface area contributed by atoms with Crippen LogP contribution in [0.4, 0.5) is 5.69 Å². The third-order valence-corrected chi connectivity index (χ3v) is 3.61. The lowest BCUT2D eigenvalue weighted by Crippen LogP contribution is -2.27.